The maximum atomic E-state index is 8.91. The molecule has 72 valence electrons. The van der Waals surface area contributed by atoms with Crippen LogP contribution >= 0.6 is 0 Å². The van der Waals surface area contributed by atoms with Gasteiger partial charge in [0.25, 0.3) is 0 Å². The fourth-order valence-corrected chi connectivity index (χ4v) is 0.899. The molecular weight excluding hydrogens is 168 g/mol. The average molecular weight is 182 g/mol. The molecule has 5 heteroatoms. The largest absolute Gasteiger partial charge is 0.394 e. The SMILES string of the molecule is CCC(CO)Nc1cnc(N)cn1. The van der Waals surface area contributed by atoms with Gasteiger partial charge in [-0.2, -0.15) is 0 Å². The normalized spacial score (nSPS) is 12.5. The predicted molar refractivity (Wildman–Crippen MR) is 51.2 cm³/mol. The summed E-state index contributed by atoms with van der Waals surface area (Å²) < 4.78 is 0. The van der Waals surface area contributed by atoms with Crippen molar-refractivity contribution < 1.29 is 5.11 Å². The molecule has 0 saturated heterocycles. The van der Waals surface area contributed by atoms with E-state index in [1.165, 1.54) is 6.20 Å². The molecule has 0 saturated carbocycles. The molecule has 1 rings (SSSR count). The summed E-state index contributed by atoms with van der Waals surface area (Å²) in [5.41, 5.74) is 5.37. The summed E-state index contributed by atoms with van der Waals surface area (Å²) in [5.74, 6) is 1.03. The Kier molecular flexibility index (Phi) is 3.45. The summed E-state index contributed by atoms with van der Waals surface area (Å²) in [6.45, 7) is 2.07. The molecule has 5 nitrogen and oxygen atoms in total. The van der Waals surface area contributed by atoms with E-state index in [0.717, 1.165) is 6.42 Å². The summed E-state index contributed by atoms with van der Waals surface area (Å²) in [7, 11) is 0. The maximum absolute atomic E-state index is 8.91. The van der Waals surface area contributed by atoms with Gasteiger partial charge in [0.1, 0.15) is 11.6 Å². The Labute approximate surface area is 77.0 Å². The zero-order valence-electron chi connectivity index (χ0n) is 7.57. The maximum Gasteiger partial charge on any atom is 0.144 e. The number of rotatable bonds is 4. The summed E-state index contributed by atoms with van der Waals surface area (Å²) in [5, 5.41) is 11.9. The van der Waals surface area contributed by atoms with Crippen molar-refractivity contribution >= 4 is 11.6 Å². The lowest BCUT2D eigenvalue weighted by atomic mass is 10.2. The highest BCUT2D eigenvalue weighted by Gasteiger charge is 2.04. The van der Waals surface area contributed by atoms with Crippen molar-refractivity contribution in [2.45, 2.75) is 19.4 Å². The first-order chi connectivity index (χ1) is 6.26. The smallest absolute Gasteiger partial charge is 0.144 e. The van der Waals surface area contributed by atoms with Gasteiger partial charge in [-0.25, -0.2) is 9.97 Å². The highest BCUT2D eigenvalue weighted by molar-refractivity contribution is 5.36. The lowest BCUT2D eigenvalue weighted by molar-refractivity contribution is 0.271. The van der Waals surface area contributed by atoms with Crippen LogP contribution in [-0.4, -0.2) is 27.7 Å². The second kappa shape index (κ2) is 4.61. The second-order valence-electron chi connectivity index (χ2n) is 2.76. The van der Waals surface area contributed by atoms with E-state index in [1.54, 1.807) is 6.20 Å². The van der Waals surface area contributed by atoms with Crippen LogP contribution in [0.4, 0.5) is 11.6 Å². The summed E-state index contributed by atoms with van der Waals surface area (Å²) in [6.07, 6.45) is 3.86. The fraction of sp³-hybridized carbons (Fsp3) is 0.500. The van der Waals surface area contributed by atoms with Gasteiger partial charge in [0.15, 0.2) is 0 Å². The highest BCUT2D eigenvalue weighted by Crippen LogP contribution is 2.05. The van der Waals surface area contributed by atoms with Crippen molar-refractivity contribution in [2.24, 2.45) is 0 Å². The Morgan fingerprint density at radius 3 is 2.77 bits per heavy atom. The van der Waals surface area contributed by atoms with E-state index >= 15 is 0 Å². The first-order valence-electron chi connectivity index (χ1n) is 4.21. The lowest BCUT2D eigenvalue weighted by Crippen LogP contribution is -2.23. The number of aliphatic hydroxyl groups excluding tert-OH is 1. The Hall–Kier alpha value is -1.36. The molecule has 1 heterocycles. The molecule has 0 radical (unpaired) electrons. The molecule has 1 atom stereocenters. The first kappa shape index (κ1) is 9.73. The van der Waals surface area contributed by atoms with E-state index in [1.807, 2.05) is 6.92 Å². The third kappa shape index (κ3) is 2.87. The summed E-state index contributed by atoms with van der Waals surface area (Å²) in [6, 6.07) is 0.0259. The fourth-order valence-electron chi connectivity index (χ4n) is 0.899. The van der Waals surface area contributed by atoms with Crippen molar-refractivity contribution in [1.82, 2.24) is 9.97 Å². The van der Waals surface area contributed by atoms with Gasteiger partial charge in [-0.1, -0.05) is 6.92 Å². The van der Waals surface area contributed by atoms with Gasteiger partial charge < -0.3 is 16.2 Å². The number of aliphatic hydroxyl groups is 1. The standard InChI is InChI=1S/C8H14N4O/c1-2-6(5-13)12-8-4-10-7(9)3-11-8/h3-4,6,13H,2,5H2,1H3,(H2,9,10)(H,11,12). The average Bonchev–Trinajstić information content (AvgIpc) is 2.17. The Bertz CT molecular complexity index is 245. The number of nitrogen functional groups attached to an aromatic ring is 1. The third-order valence-corrected chi connectivity index (χ3v) is 1.74. The predicted octanol–water partition coefficient (Wildman–Crippen LogP) is 0.242. The zero-order chi connectivity index (χ0) is 9.68. The van der Waals surface area contributed by atoms with Crippen LogP contribution in [0.3, 0.4) is 0 Å². The number of nitrogens with zero attached hydrogens (tertiary/aromatic N) is 2. The summed E-state index contributed by atoms with van der Waals surface area (Å²) >= 11 is 0. The minimum absolute atomic E-state index is 0.0259. The molecule has 0 fully saturated rings. The molecule has 0 spiro atoms. The molecule has 1 aromatic heterocycles. The van der Waals surface area contributed by atoms with Gasteiger partial charge in [-0.3, -0.25) is 0 Å². The third-order valence-electron chi connectivity index (χ3n) is 1.74. The van der Waals surface area contributed by atoms with Gasteiger partial charge in [0.05, 0.1) is 25.0 Å². The van der Waals surface area contributed by atoms with Crippen LogP contribution in [-0.2, 0) is 0 Å². The summed E-state index contributed by atoms with van der Waals surface area (Å²) in [4.78, 5) is 7.88. The number of anilines is 2. The van der Waals surface area contributed by atoms with Crippen molar-refractivity contribution in [1.29, 1.82) is 0 Å². The molecule has 0 amide bonds. The number of hydrogen-bond acceptors (Lipinski definition) is 5. The Balaban J connectivity index is 2.58. The molecule has 0 aliphatic rings. The van der Waals surface area contributed by atoms with Crippen LogP contribution < -0.4 is 11.1 Å². The van der Waals surface area contributed by atoms with E-state index in [-0.39, 0.29) is 12.6 Å². The molecule has 0 aliphatic heterocycles. The van der Waals surface area contributed by atoms with E-state index in [4.69, 9.17) is 10.8 Å². The van der Waals surface area contributed by atoms with Gasteiger partial charge in [0.2, 0.25) is 0 Å². The topological polar surface area (TPSA) is 84.1 Å². The van der Waals surface area contributed by atoms with Crippen LogP contribution in [0.1, 0.15) is 13.3 Å². The van der Waals surface area contributed by atoms with Gasteiger partial charge in [-0.15, -0.1) is 0 Å². The van der Waals surface area contributed by atoms with Crippen LogP contribution in [0.5, 0.6) is 0 Å². The molecule has 4 N–H and O–H groups in total. The number of hydrogen-bond donors (Lipinski definition) is 3. The molecule has 0 bridgehead atoms. The first-order valence-corrected chi connectivity index (χ1v) is 4.21. The number of nitrogens with two attached hydrogens (primary N) is 1. The zero-order valence-corrected chi connectivity index (χ0v) is 7.57. The Morgan fingerprint density at radius 1 is 1.54 bits per heavy atom. The second-order valence-corrected chi connectivity index (χ2v) is 2.76. The molecule has 1 unspecified atom stereocenters. The minimum atomic E-state index is 0.0259. The quantitative estimate of drug-likeness (QED) is 0.621. The van der Waals surface area contributed by atoms with Gasteiger partial charge >= 0.3 is 0 Å². The van der Waals surface area contributed by atoms with Crippen LogP contribution in [0.2, 0.25) is 0 Å². The molecule has 0 aliphatic carbocycles. The van der Waals surface area contributed by atoms with Crippen molar-refractivity contribution in [3.05, 3.63) is 12.4 Å². The van der Waals surface area contributed by atoms with Gasteiger partial charge in [-0.05, 0) is 6.42 Å². The van der Waals surface area contributed by atoms with Crippen LogP contribution in [0.15, 0.2) is 12.4 Å². The number of aromatic nitrogens is 2. The van der Waals surface area contributed by atoms with Crippen LogP contribution in [0, 0.1) is 0 Å². The van der Waals surface area contributed by atoms with E-state index in [9.17, 15) is 0 Å². The van der Waals surface area contributed by atoms with E-state index in [0.29, 0.717) is 11.6 Å². The minimum Gasteiger partial charge on any atom is -0.394 e. The van der Waals surface area contributed by atoms with Crippen molar-refractivity contribution in [3.63, 3.8) is 0 Å². The monoisotopic (exact) mass is 182 g/mol. The van der Waals surface area contributed by atoms with Crippen molar-refractivity contribution in [3.8, 4) is 0 Å². The molecule has 1 aromatic rings. The van der Waals surface area contributed by atoms with E-state index < -0.39 is 0 Å². The molecule has 13 heavy (non-hydrogen) atoms. The molecular formula is C8H14N4O. The van der Waals surface area contributed by atoms with Crippen molar-refractivity contribution in [2.75, 3.05) is 17.7 Å². The van der Waals surface area contributed by atoms with Crippen LogP contribution in [0.25, 0.3) is 0 Å². The van der Waals surface area contributed by atoms with E-state index in [2.05, 4.69) is 15.3 Å². The number of nitrogens with one attached hydrogen (secondary N) is 1. The lowest BCUT2D eigenvalue weighted by Gasteiger charge is -2.13. The Morgan fingerprint density at radius 2 is 2.31 bits per heavy atom. The molecule has 0 aromatic carbocycles. The van der Waals surface area contributed by atoms with Gasteiger partial charge in [0, 0.05) is 0 Å². The highest BCUT2D eigenvalue weighted by atomic mass is 16.3.